The van der Waals surface area contributed by atoms with Gasteiger partial charge < -0.3 is 25.3 Å². The van der Waals surface area contributed by atoms with Crippen molar-refractivity contribution in [3.8, 4) is 11.3 Å². The van der Waals surface area contributed by atoms with Gasteiger partial charge in [-0.1, -0.05) is 69.6 Å². The van der Waals surface area contributed by atoms with Crippen molar-refractivity contribution in [1.82, 2.24) is 15.2 Å². The van der Waals surface area contributed by atoms with Gasteiger partial charge in [-0.2, -0.15) is 0 Å². The molecule has 10 heteroatoms. The quantitative estimate of drug-likeness (QED) is 0.265. The van der Waals surface area contributed by atoms with Crippen LogP contribution in [0.1, 0.15) is 50.3 Å². The first-order valence-electron chi connectivity index (χ1n) is 15.1. The SMILES string of the molecule is CCc1cccc(CC)c1N1C(CC(C)C)=C(C(=O)N2CCN[C@@H](C(=O)O)C2)C=C(c2nc(-c3ccc(Cl)cc3)cs2)C1O. The minimum atomic E-state index is -1.09. The Bertz CT molecular complexity index is 1570. The second-order valence-electron chi connectivity index (χ2n) is 11.6. The third-order valence-corrected chi connectivity index (χ3v) is 9.26. The van der Waals surface area contributed by atoms with E-state index in [1.54, 1.807) is 11.0 Å². The smallest absolute Gasteiger partial charge is 0.322 e. The summed E-state index contributed by atoms with van der Waals surface area (Å²) in [4.78, 5) is 34.7. The molecule has 2 aliphatic rings. The van der Waals surface area contributed by atoms with E-state index < -0.39 is 18.2 Å². The van der Waals surface area contributed by atoms with Crippen molar-refractivity contribution in [2.75, 3.05) is 24.5 Å². The van der Waals surface area contributed by atoms with Crippen molar-refractivity contribution >= 4 is 46.1 Å². The predicted octanol–water partition coefficient (Wildman–Crippen LogP) is 6.00. The molecule has 44 heavy (non-hydrogen) atoms. The van der Waals surface area contributed by atoms with Gasteiger partial charge in [-0.3, -0.25) is 9.59 Å². The third-order valence-electron chi connectivity index (χ3n) is 8.11. The number of benzene rings is 2. The lowest BCUT2D eigenvalue weighted by atomic mass is 9.91. The number of allylic oxidation sites excluding steroid dienone is 1. The molecule has 232 valence electrons. The number of aliphatic hydroxyl groups is 1. The molecule has 1 unspecified atom stereocenters. The number of para-hydroxylation sites is 1. The Morgan fingerprint density at radius 2 is 1.80 bits per heavy atom. The van der Waals surface area contributed by atoms with Gasteiger partial charge in [0.15, 0.2) is 6.23 Å². The number of anilines is 1. The first kappa shape index (κ1) is 31.9. The van der Waals surface area contributed by atoms with Crippen molar-refractivity contribution in [2.24, 2.45) is 5.92 Å². The molecule has 5 rings (SSSR count). The van der Waals surface area contributed by atoms with E-state index >= 15 is 0 Å². The number of aliphatic hydroxyl groups excluding tert-OH is 1. The summed E-state index contributed by atoms with van der Waals surface area (Å²) in [5.41, 5.74) is 6.44. The molecule has 0 radical (unpaired) electrons. The van der Waals surface area contributed by atoms with Crippen molar-refractivity contribution < 1.29 is 19.8 Å². The summed E-state index contributed by atoms with van der Waals surface area (Å²) in [6, 6.07) is 12.8. The van der Waals surface area contributed by atoms with Gasteiger partial charge in [-0.25, -0.2) is 4.98 Å². The number of hydrogen-bond donors (Lipinski definition) is 3. The molecule has 2 aliphatic heterocycles. The average Bonchev–Trinajstić information content (AvgIpc) is 3.51. The molecule has 3 N–H and O–H groups in total. The number of thiazole rings is 1. The van der Waals surface area contributed by atoms with Crippen LogP contribution in [0.5, 0.6) is 0 Å². The molecule has 0 saturated carbocycles. The van der Waals surface area contributed by atoms with Gasteiger partial charge >= 0.3 is 5.97 Å². The van der Waals surface area contributed by atoms with Gasteiger partial charge in [0.1, 0.15) is 11.0 Å². The van der Waals surface area contributed by atoms with Crippen LogP contribution in [0.15, 0.2) is 65.2 Å². The highest BCUT2D eigenvalue weighted by atomic mass is 35.5. The van der Waals surface area contributed by atoms with Gasteiger partial charge in [0, 0.05) is 52.6 Å². The number of carbonyl (C=O) groups excluding carboxylic acids is 1. The maximum Gasteiger partial charge on any atom is 0.322 e. The van der Waals surface area contributed by atoms with Crippen LogP contribution in [-0.4, -0.2) is 63.9 Å². The number of piperazine rings is 1. The topological polar surface area (TPSA) is 106 Å². The normalized spacial score (nSPS) is 19.0. The highest BCUT2D eigenvalue weighted by Gasteiger charge is 2.38. The Labute approximate surface area is 267 Å². The zero-order valence-electron chi connectivity index (χ0n) is 25.5. The first-order valence-corrected chi connectivity index (χ1v) is 16.4. The molecule has 8 nitrogen and oxygen atoms in total. The number of aliphatic carboxylic acids is 1. The maximum absolute atomic E-state index is 14.4. The molecule has 1 fully saturated rings. The van der Waals surface area contributed by atoms with Crippen molar-refractivity contribution in [2.45, 2.75) is 59.2 Å². The summed E-state index contributed by atoms with van der Waals surface area (Å²) in [5.74, 6) is -1.05. The minimum absolute atomic E-state index is 0.0576. The standard InChI is InChI=1S/C34H39ClN4O4S/c1-5-21-8-7-9-22(6-2)30(21)39-29(16-20(3)4)25(32(40)38-15-14-36-27(18-38)34(42)43)17-26(33(39)41)31-37-28(19-44-31)23-10-12-24(35)13-11-23/h7-13,17,19-20,27,33,36,41H,5-6,14-16,18H2,1-4H3,(H,42,43)/t27-,33?/m1/s1. The number of aromatic nitrogens is 1. The van der Waals surface area contributed by atoms with Crippen molar-refractivity contribution in [3.05, 3.63) is 86.3 Å². The van der Waals surface area contributed by atoms with Crippen LogP contribution in [-0.2, 0) is 22.4 Å². The second-order valence-corrected chi connectivity index (χ2v) is 12.9. The molecule has 2 aromatic carbocycles. The van der Waals surface area contributed by atoms with Crippen LogP contribution in [0, 0.1) is 5.92 Å². The number of nitrogens with one attached hydrogen (secondary N) is 1. The fourth-order valence-electron chi connectivity index (χ4n) is 5.89. The lowest BCUT2D eigenvalue weighted by Crippen LogP contribution is -2.56. The maximum atomic E-state index is 14.4. The summed E-state index contributed by atoms with van der Waals surface area (Å²) in [6.07, 6.45) is 2.74. The van der Waals surface area contributed by atoms with Gasteiger partial charge in [0.25, 0.3) is 5.91 Å². The van der Waals surface area contributed by atoms with Gasteiger partial charge in [0.2, 0.25) is 0 Å². The summed E-state index contributed by atoms with van der Waals surface area (Å²) in [5, 5.41) is 28.1. The van der Waals surface area contributed by atoms with E-state index in [4.69, 9.17) is 16.6 Å². The van der Waals surface area contributed by atoms with E-state index in [0.717, 1.165) is 46.6 Å². The number of carbonyl (C=O) groups is 2. The number of amides is 1. The molecule has 0 bridgehead atoms. The Morgan fingerprint density at radius 1 is 1.11 bits per heavy atom. The lowest BCUT2D eigenvalue weighted by molar-refractivity contribution is -0.141. The van der Waals surface area contributed by atoms with Gasteiger partial charge in [-0.15, -0.1) is 11.3 Å². The highest BCUT2D eigenvalue weighted by Crippen LogP contribution is 2.42. The number of halogens is 1. The molecular weight excluding hydrogens is 596 g/mol. The van der Waals surface area contributed by atoms with Gasteiger partial charge in [-0.05, 0) is 54.5 Å². The number of carboxylic acid groups (broad SMARTS) is 1. The fourth-order valence-corrected chi connectivity index (χ4v) is 6.88. The van der Waals surface area contributed by atoms with Crippen LogP contribution in [0.3, 0.4) is 0 Å². The third kappa shape index (κ3) is 6.47. The largest absolute Gasteiger partial charge is 0.480 e. The molecule has 3 aromatic rings. The molecule has 0 spiro atoms. The number of carboxylic acids is 1. The minimum Gasteiger partial charge on any atom is -0.480 e. The molecule has 1 saturated heterocycles. The molecule has 3 heterocycles. The molecule has 2 atom stereocenters. The number of rotatable bonds is 9. The van der Waals surface area contributed by atoms with Gasteiger partial charge in [0.05, 0.1) is 11.3 Å². The monoisotopic (exact) mass is 634 g/mol. The average molecular weight is 635 g/mol. The van der Waals surface area contributed by atoms with Crippen LogP contribution in [0.4, 0.5) is 5.69 Å². The van der Waals surface area contributed by atoms with Crippen LogP contribution in [0.25, 0.3) is 16.8 Å². The van der Waals surface area contributed by atoms with E-state index in [0.29, 0.717) is 40.7 Å². The zero-order valence-corrected chi connectivity index (χ0v) is 27.1. The molecule has 1 amide bonds. The highest BCUT2D eigenvalue weighted by molar-refractivity contribution is 7.11. The van der Waals surface area contributed by atoms with Crippen molar-refractivity contribution in [3.63, 3.8) is 0 Å². The molecule has 0 aliphatic carbocycles. The Morgan fingerprint density at radius 3 is 2.41 bits per heavy atom. The Kier molecular flexibility index (Phi) is 9.90. The fraction of sp³-hybridized carbons (Fsp3) is 0.382. The number of hydrogen-bond acceptors (Lipinski definition) is 7. The van der Waals surface area contributed by atoms with E-state index in [1.165, 1.54) is 11.3 Å². The van der Waals surface area contributed by atoms with Crippen LogP contribution >= 0.6 is 22.9 Å². The number of nitrogens with zero attached hydrogens (tertiary/aromatic N) is 3. The summed E-state index contributed by atoms with van der Waals surface area (Å²) in [7, 11) is 0. The van der Waals surface area contributed by atoms with Crippen LogP contribution in [0.2, 0.25) is 5.02 Å². The Balaban J connectivity index is 1.70. The number of aryl methyl sites for hydroxylation is 2. The zero-order chi connectivity index (χ0) is 31.5. The summed E-state index contributed by atoms with van der Waals surface area (Å²) >= 11 is 7.52. The predicted molar refractivity (Wildman–Crippen MR) is 177 cm³/mol. The van der Waals surface area contributed by atoms with E-state index in [1.807, 2.05) is 40.6 Å². The summed E-state index contributed by atoms with van der Waals surface area (Å²) in [6.45, 7) is 9.20. The summed E-state index contributed by atoms with van der Waals surface area (Å²) < 4.78 is 0. The van der Waals surface area contributed by atoms with E-state index in [2.05, 4.69) is 45.1 Å². The Hall–Kier alpha value is -3.50. The van der Waals surface area contributed by atoms with Crippen molar-refractivity contribution in [1.29, 1.82) is 0 Å². The lowest BCUT2D eigenvalue weighted by Gasteiger charge is -2.41. The van der Waals surface area contributed by atoms with Crippen LogP contribution < -0.4 is 10.2 Å². The second kappa shape index (κ2) is 13.6. The van der Waals surface area contributed by atoms with E-state index in [-0.39, 0.29) is 18.4 Å². The molecular formula is C34H39ClN4O4S. The molecule has 1 aromatic heterocycles. The first-order chi connectivity index (χ1) is 21.1. The van der Waals surface area contributed by atoms with E-state index in [9.17, 15) is 19.8 Å².